The quantitative estimate of drug-likeness (QED) is 0.633. The molecule has 2 heterocycles. The Balaban J connectivity index is 1.62. The lowest BCUT2D eigenvalue weighted by atomic mass is 10.3. The third kappa shape index (κ3) is 4.08. The molecule has 3 rings (SSSR count). The van der Waals surface area contributed by atoms with Gasteiger partial charge < -0.3 is 9.26 Å². The molecule has 0 aliphatic rings. The summed E-state index contributed by atoms with van der Waals surface area (Å²) >= 11 is 9.49. The van der Waals surface area contributed by atoms with Gasteiger partial charge in [0, 0.05) is 17.1 Å². The molecule has 0 saturated heterocycles. The second-order valence-electron chi connectivity index (χ2n) is 4.80. The van der Waals surface area contributed by atoms with E-state index in [1.165, 1.54) is 0 Å². The molecule has 9 heteroatoms. The number of nitrogens with zero attached hydrogens (tertiary/aromatic N) is 5. The summed E-state index contributed by atoms with van der Waals surface area (Å²) < 4.78 is 13.6. The highest BCUT2D eigenvalue weighted by Gasteiger charge is 2.17. The topological polar surface area (TPSA) is 78.9 Å². The predicted octanol–water partition coefficient (Wildman–Crippen LogP) is 3.46. The normalized spacial score (nSPS) is 12.3. The molecule has 7 nitrogen and oxygen atoms in total. The van der Waals surface area contributed by atoms with Crippen molar-refractivity contribution < 1.29 is 9.26 Å². The second kappa shape index (κ2) is 7.10. The van der Waals surface area contributed by atoms with Crippen molar-refractivity contribution in [3.8, 4) is 5.75 Å². The van der Waals surface area contributed by atoms with Gasteiger partial charge in [0.05, 0.1) is 17.8 Å². The Hall–Kier alpha value is -1.93. The number of hydrogen-bond acceptors (Lipinski definition) is 6. The molecule has 0 spiro atoms. The zero-order valence-corrected chi connectivity index (χ0v) is 14.5. The smallest absolute Gasteiger partial charge is 0.228 e. The highest BCUT2D eigenvalue weighted by Crippen LogP contribution is 2.30. The molecule has 1 unspecified atom stereocenters. The van der Waals surface area contributed by atoms with E-state index in [2.05, 4.69) is 36.4 Å². The van der Waals surface area contributed by atoms with Gasteiger partial charge in [0.25, 0.3) is 0 Å². The van der Waals surface area contributed by atoms with Gasteiger partial charge in [-0.3, -0.25) is 4.68 Å². The van der Waals surface area contributed by atoms with E-state index >= 15 is 0 Å². The molecule has 0 aliphatic heterocycles. The monoisotopic (exact) mass is 397 g/mol. The zero-order chi connectivity index (χ0) is 16.2. The van der Waals surface area contributed by atoms with Crippen LogP contribution in [0.4, 0.5) is 0 Å². The van der Waals surface area contributed by atoms with Gasteiger partial charge in [-0.05, 0) is 25.1 Å². The average Bonchev–Trinajstić information content (AvgIpc) is 3.18. The molecule has 1 atom stereocenters. The van der Waals surface area contributed by atoms with Gasteiger partial charge in [-0.1, -0.05) is 37.9 Å². The molecule has 0 N–H and O–H groups in total. The summed E-state index contributed by atoms with van der Waals surface area (Å²) in [6, 6.07) is 5.41. The van der Waals surface area contributed by atoms with Crippen LogP contribution in [0.3, 0.4) is 0 Å². The van der Waals surface area contributed by atoms with Gasteiger partial charge in [-0.2, -0.15) is 4.98 Å². The number of aromatic nitrogens is 5. The van der Waals surface area contributed by atoms with E-state index in [1.54, 1.807) is 29.2 Å². The molecular formula is C14H13BrClN5O2. The fourth-order valence-electron chi connectivity index (χ4n) is 1.91. The first-order valence-electron chi connectivity index (χ1n) is 6.90. The fraction of sp³-hybridized carbons (Fsp3) is 0.286. The van der Waals surface area contributed by atoms with Crippen molar-refractivity contribution in [3.05, 3.63) is 51.8 Å². The Morgan fingerprint density at radius 1 is 1.43 bits per heavy atom. The maximum Gasteiger partial charge on any atom is 0.228 e. The summed E-state index contributed by atoms with van der Waals surface area (Å²) in [5, 5.41) is 12.1. The number of rotatable bonds is 6. The lowest BCUT2D eigenvalue weighted by Crippen LogP contribution is -2.06. The Bertz CT molecular complexity index is 777. The van der Waals surface area contributed by atoms with Crippen LogP contribution < -0.4 is 4.74 Å². The minimum atomic E-state index is -0.377. The van der Waals surface area contributed by atoms with Crippen LogP contribution in [0, 0.1) is 0 Å². The van der Waals surface area contributed by atoms with Crippen molar-refractivity contribution in [2.45, 2.75) is 26.0 Å². The highest BCUT2D eigenvalue weighted by atomic mass is 79.9. The van der Waals surface area contributed by atoms with E-state index in [9.17, 15) is 0 Å². The molecular weight excluding hydrogens is 386 g/mol. The molecule has 120 valence electrons. The van der Waals surface area contributed by atoms with E-state index in [1.807, 2.05) is 13.0 Å². The van der Waals surface area contributed by atoms with Crippen molar-refractivity contribution >= 4 is 27.5 Å². The van der Waals surface area contributed by atoms with Crippen molar-refractivity contribution in [1.29, 1.82) is 0 Å². The van der Waals surface area contributed by atoms with Crippen LogP contribution in [0.25, 0.3) is 0 Å². The van der Waals surface area contributed by atoms with Crippen molar-refractivity contribution in [3.63, 3.8) is 0 Å². The summed E-state index contributed by atoms with van der Waals surface area (Å²) in [4.78, 5) is 4.34. The first-order chi connectivity index (χ1) is 11.1. The average molecular weight is 399 g/mol. The van der Waals surface area contributed by atoms with Crippen molar-refractivity contribution in [2.24, 2.45) is 0 Å². The maximum atomic E-state index is 6.14. The van der Waals surface area contributed by atoms with Gasteiger partial charge in [0.15, 0.2) is 6.10 Å². The lowest BCUT2D eigenvalue weighted by Gasteiger charge is -2.12. The van der Waals surface area contributed by atoms with Crippen LogP contribution in [-0.2, 0) is 13.0 Å². The first-order valence-corrected chi connectivity index (χ1v) is 8.07. The molecule has 0 saturated carbocycles. The van der Waals surface area contributed by atoms with E-state index < -0.39 is 0 Å². The van der Waals surface area contributed by atoms with Crippen molar-refractivity contribution in [2.75, 3.05) is 0 Å². The molecule has 1 aromatic carbocycles. The van der Waals surface area contributed by atoms with Crippen LogP contribution in [0.5, 0.6) is 5.75 Å². The molecule has 0 bridgehead atoms. The molecule has 3 aromatic rings. The van der Waals surface area contributed by atoms with Gasteiger partial charge in [0.1, 0.15) is 5.75 Å². The van der Waals surface area contributed by atoms with Crippen LogP contribution in [0.15, 0.2) is 39.6 Å². The Kier molecular flexibility index (Phi) is 4.92. The molecule has 23 heavy (non-hydrogen) atoms. The van der Waals surface area contributed by atoms with E-state index in [0.29, 0.717) is 35.5 Å². The third-order valence-corrected chi connectivity index (χ3v) is 3.86. The Morgan fingerprint density at radius 2 is 2.30 bits per heavy atom. The standard InChI is InChI=1S/C14H13BrClN5O2/c1-9(22-12-3-2-10(15)8-11(12)16)14-18-13(23-19-14)4-6-21-7-5-17-20-21/h2-3,5,7-9H,4,6H2,1H3. The first kappa shape index (κ1) is 15.9. The number of hydrogen-bond donors (Lipinski definition) is 0. The SMILES string of the molecule is CC(Oc1ccc(Br)cc1Cl)c1noc(CCn2ccnn2)n1. The summed E-state index contributed by atoms with van der Waals surface area (Å²) in [7, 11) is 0. The summed E-state index contributed by atoms with van der Waals surface area (Å²) in [5.74, 6) is 1.56. The Labute approximate surface area is 145 Å². The van der Waals surface area contributed by atoms with Crippen LogP contribution >= 0.6 is 27.5 Å². The fourth-order valence-corrected chi connectivity index (χ4v) is 2.63. The highest BCUT2D eigenvalue weighted by molar-refractivity contribution is 9.10. The van der Waals surface area contributed by atoms with Crippen LogP contribution in [0.1, 0.15) is 24.7 Å². The van der Waals surface area contributed by atoms with Crippen molar-refractivity contribution in [1.82, 2.24) is 25.1 Å². The summed E-state index contributed by atoms with van der Waals surface area (Å²) in [6.07, 6.45) is 3.59. The largest absolute Gasteiger partial charge is 0.481 e. The van der Waals surface area contributed by atoms with Crippen LogP contribution in [0.2, 0.25) is 5.02 Å². The van der Waals surface area contributed by atoms with Gasteiger partial charge in [0.2, 0.25) is 11.7 Å². The number of benzene rings is 1. The molecule has 0 radical (unpaired) electrons. The molecule has 0 aliphatic carbocycles. The van der Waals surface area contributed by atoms with Crippen LogP contribution in [-0.4, -0.2) is 25.1 Å². The maximum absolute atomic E-state index is 6.14. The summed E-state index contributed by atoms with van der Waals surface area (Å²) in [5.41, 5.74) is 0. The van der Waals surface area contributed by atoms with Gasteiger partial charge in [-0.25, -0.2) is 0 Å². The van der Waals surface area contributed by atoms with E-state index in [4.69, 9.17) is 20.9 Å². The predicted molar refractivity (Wildman–Crippen MR) is 86.2 cm³/mol. The third-order valence-electron chi connectivity index (χ3n) is 3.07. The number of ether oxygens (including phenoxy) is 1. The number of aryl methyl sites for hydroxylation is 2. The molecule has 0 amide bonds. The zero-order valence-electron chi connectivity index (χ0n) is 12.2. The molecule has 2 aromatic heterocycles. The minimum Gasteiger partial charge on any atom is -0.481 e. The summed E-state index contributed by atoms with van der Waals surface area (Å²) in [6.45, 7) is 2.46. The minimum absolute atomic E-state index is 0.377. The lowest BCUT2D eigenvalue weighted by molar-refractivity contribution is 0.210. The van der Waals surface area contributed by atoms with Gasteiger partial charge in [-0.15, -0.1) is 5.10 Å². The van der Waals surface area contributed by atoms with E-state index in [-0.39, 0.29) is 6.10 Å². The number of halogens is 2. The molecule has 0 fully saturated rings. The van der Waals surface area contributed by atoms with E-state index in [0.717, 1.165) is 4.47 Å². The van der Waals surface area contributed by atoms with Gasteiger partial charge >= 0.3 is 0 Å². The Morgan fingerprint density at radius 3 is 3.04 bits per heavy atom. The second-order valence-corrected chi connectivity index (χ2v) is 6.12.